The van der Waals surface area contributed by atoms with Crippen LogP contribution in [0.3, 0.4) is 0 Å². The second-order valence-corrected chi connectivity index (χ2v) is 3.44. The normalized spacial score (nSPS) is 10.3. The molecule has 4 heteroatoms. The van der Waals surface area contributed by atoms with Gasteiger partial charge in [0.15, 0.2) is 11.5 Å². The standard InChI is InChI=1S/C12H9NO3/c1-7(14)9-6-8-4-2-3-5-10(8)13-11(9)12(15)16/h2-6H,1H3,(H,15,16). The molecule has 80 valence electrons. The van der Waals surface area contributed by atoms with Crippen molar-refractivity contribution in [3.63, 3.8) is 0 Å². The van der Waals surface area contributed by atoms with Crippen LogP contribution in [0.25, 0.3) is 10.9 Å². The molecular formula is C12H9NO3. The van der Waals surface area contributed by atoms with Crippen LogP contribution in [0.15, 0.2) is 30.3 Å². The van der Waals surface area contributed by atoms with Crippen LogP contribution in [0.4, 0.5) is 0 Å². The fourth-order valence-corrected chi connectivity index (χ4v) is 1.55. The molecule has 1 aromatic carbocycles. The maximum absolute atomic E-state index is 11.3. The van der Waals surface area contributed by atoms with E-state index in [0.29, 0.717) is 5.52 Å². The molecular weight excluding hydrogens is 206 g/mol. The zero-order valence-electron chi connectivity index (χ0n) is 8.60. The lowest BCUT2D eigenvalue weighted by Gasteiger charge is -2.04. The second kappa shape index (κ2) is 3.73. The van der Waals surface area contributed by atoms with Gasteiger partial charge in [0, 0.05) is 5.39 Å². The number of aromatic carboxylic acids is 1. The monoisotopic (exact) mass is 215 g/mol. The van der Waals surface area contributed by atoms with Crippen LogP contribution in [0.5, 0.6) is 0 Å². The van der Waals surface area contributed by atoms with Gasteiger partial charge in [-0.05, 0) is 19.1 Å². The molecule has 0 atom stereocenters. The van der Waals surface area contributed by atoms with Crippen LogP contribution >= 0.6 is 0 Å². The minimum absolute atomic E-state index is 0.145. The molecule has 1 aromatic heterocycles. The third-order valence-corrected chi connectivity index (χ3v) is 2.31. The highest BCUT2D eigenvalue weighted by molar-refractivity contribution is 6.06. The van der Waals surface area contributed by atoms with E-state index >= 15 is 0 Å². The van der Waals surface area contributed by atoms with Gasteiger partial charge in [-0.1, -0.05) is 18.2 Å². The van der Waals surface area contributed by atoms with Crippen LogP contribution in [-0.4, -0.2) is 21.8 Å². The number of Topliss-reactive ketones (excluding diaryl/α,β-unsaturated/α-hetero) is 1. The average Bonchev–Trinajstić information content (AvgIpc) is 2.27. The van der Waals surface area contributed by atoms with E-state index in [0.717, 1.165) is 5.39 Å². The number of carbonyl (C=O) groups is 2. The zero-order valence-corrected chi connectivity index (χ0v) is 8.60. The Hall–Kier alpha value is -2.23. The van der Waals surface area contributed by atoms with E-state index in [-0.39, 0.29) is 17.0 Å². The Kier molecular flexibility index (Phi) is 2.40. The smallest absolute Gasteiger partial charge is 0.355 e. The molecule has 0 fully saturated rings. The number of benzene rings is 1. The first-order chi connectivity index (χ1) is 7.59. The van der Waals surface area contributed by atoms with E-state index in [9.17, 15) is 9.59 Å². The predicted octanol–water partition coefficient (Wildman–Crippen LogP) is 2.14. The fraction of sp³-hybridized carbons (Fsp3) is 0.0833. The van der Waals surface area contributed by atoms with Crippen LogP contribution in [-0.2, 0) is 0 Å². The van der Waals surface area contributed by atoms with Crippen LogP contribution < -0.4 is 0 Å². The minimum Gasteiger partial charge on any atom is -0.476 e. The number of nitrogens with zero attached hydrogens (tertiary/aromatic N) is 1. The third-order valence-electron chi connectivity index (χ3n) is 2.31. The molecule has 0 amide bonds. The first kappa shape index (κ1) is 10.3. The van der Waals surface area contributed by atoms with Crippen LogP contribution in [0.2, 0.25) is 0 Å². The number of hydrogen-bond acceptors (Lipinski definition) is 3. The summed E-state index contributed by atoms with van der Waals surface area (Å²) in [7, 11) is 0. The van der Waals surface area contributed by atoms with E-state index in [1.54, 1.807) is 24.3 Å². The van der Waals surface area contributed by atoms with Gasteiger partial charge in [0.2, 0.25) is 0 Å². The number of carbonyl (C=O) groups excluding carboxylic acids is 1. The van der Waals surface area contributed by atoms with Gasteiger partial charge < -0.3 is 5.11 Å². The van der Waals surface area contributed by atoms with Gasteiger partial charge in [0.1, 0.15) is 0 Å². The molecule has 0 saturated heterocycles. The van der Waals surface area contributed by atoms with Gasteiger partial charge in [-0.3, -0.25) is 4.79 Å². The largest absolute Gasteiger partial charge is 0.476 e. The molecule has 0 aliphatic carbocycles. The van der Waals surface area contributed by atoms with Crippen molar-refractivity contribution in [1.82, 2.24) is 4.98 Å². The maximum atomic E-state index is 11.3. The van der Waals surface area contributed by atoms with E-state index in [2.05, 4.69) is 4.98 Å². The van der Waals surface area contributed by atoms with E-state index in [1.807, 2.05) is 6.07 Å². The number of carboxylic acids is 1. The number of hydrogen-bond donors (Lipinski definition) is 1. The Bertz CT molecular complexity index is 537. The Labute approximate surface area is 91.5 Å². The first-order valence-electron chi connectivity index (χ1n) is 4.73. The van der Waals surface area contributed by atoms with Gasteiger partial charge in [0.25, 0.3) is 0 Å². The summed E-state index contributed by atoms with van der Waals surface area (Å²) in [5.41, 5.74) is 0.530. The molecule has 2 aromatic rings. The SMILES string of the molecule is CC(=O)c1cc2ccccc2nc1C(=O)O. The molecule has 0 unspecified atom stereocenters. The van der Waals surface area contributed by atoms with Crippen molar-refractivity contribution in [2.45, 2.75) is 6.92 Å². The molecule has 2 rings (SSSR count). The van der Waals surface area contributed by atoms with Crippen LogP contribution in [0.1, 0.15) is 27.8 Å². The molecule has 0 saturated carbocycles. The lowest BCUT2D eigenvalue weighted by Crippen LogP contribution is -2.09. The Balaban J connectivity index is 2.81. The van der Waals surface area contributed by atoms with E-state index < -0.39 is 5.97 Å². The molecule has 0 spiro atoms. The summed E-state index contributed by atoms with van der Waals surface area (Å²) in [5, 5.41) is 9.72. The zero-order chi connectivity index (χ0) is 11.7. The molecule has 16 heavy (non-hydrogen) atoms. The number of aromatic nitrogens is 1. The molecule has 0 radical (unpaired) electrons. The second-order valence-electron chi connectivity index (χ2n) is 3.44. The van der Waals surface area contributed by atoms with Crippen molar-refractivity contribution in [2.75, 3.05) is 0 Å². The summed E-state index contributed by atoms with van der Waals surface area (Å²) in [6.45, 7) is 1.33. The summed E-state index contributed by atoms with van der Waals surface area (Å²) in [6, 6.07) is 8.66. The van der Waals surface area contributed by atoms with E-state index in [1.165, 1.54) is 6.92 Å². The summed E-state index contributed by atoms with van der Waals surface area (Å²) >= 11 is 0. The van der Waals surface area contributed by atoms with E-state index in [4.69, 9.17) is 5.11 Å². The van der Waals surface area contributed by atoms with Gasteiger partial charge in [0.05, 0.1) is 11.1 Å². The highest BCUT2D eigenvalue weighted by Gasteiger charge is 2.16. The van der Waals surface area contributed by atoms with Crippen molar-refractivity contribution in [3.8, 4) is 0 Å². The average molecular weight is 215 g/mol. The highest BCUT2D eigenvalue weighted by Crippen LogP contribution is 2.17. The molecule has 0 aliphatic rings. The van der Waals surface area contributed by atoms with Crippen molar-refractivity contribution in [2.24, 2.45) is 0 Å². The van der Waals surface area contributed by atoms with Gasteiger partial charge in [-0.15, -0.1) is 0 Å². The van der Waals surface area contributed by atoms with Crippen LogP contribution in [0, 0.1) is 0 Å². The molecule has 0 aliphatic heterocycles. The minimum atomic E-state index is -1.18. The summed E-state index contributed by atoms with van der Waals surface area (Å²) in [6.07, 6.45) is 0. The summed E-state index contributed by atoms with van der Waals surface area (Å²) < 4.78 is 0. The molecule has 4 nitrogen and oxygen atoms in total. The Morgan fingerprint density at radius 2 is 1.94 bits per heavy atom. The number of pyridine rings is 1. The predicted molar refractivity (Wildman–Crippen MR) is 58.7 cm³/mol. The third kappa shape index (κ3) is 1.65. The van der Waals surface area contributed by atoms with Crippen molar-refractivity contribution in [3.05, 3.63) is 41.6 Å². The number of para-hydroxylation sites is 1. The summed E-state index contributed by atoms with van der Waals surface area (Å²) in [4.78, 5) is 26.2. The molecule has 1 N–H and O–H groups in total. The fourth-order valence-electron chi connectivity index (χ4n) is 1.55. The number of ketones is 1. The molecule has 1 heterocycles. The lowest BCUT2D eigenvalue weighted by atomic mass is 10.1. The van der Waals surface area contributed by atoms with Gasteiger partial charge in [-0.25, -0.2) is 9.78 Å². The first-order valence-corrected chi connectivity index (χ1v) is 4.73. The maximum Gasteiger partial charge on any atom is 0.355 e. The summed E-state index contributed by atoms with van der Waals surface area (Å²) in [5.74, 6) is -1.48. The Morgan fingerprint density at radius 1 is 1.25 bits per heavy atom. The number of rotatable bonds is 2. The lowest BCUT2D eigenvalue weighted by molar-refractivity contribution is 0.0686. The van der Waals surface area contributed by atoms with Crippen molar-refractivity contribution >= 4 is 22.7 Å². The number of fused-ring (bicyclic) bond motifs is 1. The quantitative estimate of drug-likeness (QED) is 0.779. The number of carboxylic acid groups (broad SMARTS) is 1. The topological polar surface area (TPSA) is 67.3 Å². The Morgan fingerprint density at radius 3 is 2.56 bits per heavy atom. The van der Waals surface area contributed by atoms with Gasteiger partial charge >= 0.3 is 5.97 Å². The van der Waals surface area contributed by atoms with Crippen molar-refractivity contribution in [1.29, 1.82) is 0 Å². The highest BCUT2D eigenvalue weighted by atomic mass is 16.4. The molecule has 0 bridgehead atoms. The van der Waals surface area contributed by atoms with Crippen molar-refractivity contribution < 1.29 is 14.7 Å². The van der Waals surface area contributed by atoms with Gasteiger partial charge in [-0.2, -0.15) is 0 Å².